The highest BCUT2D eigenvalue weighted by Gasteiger charge is 2.47. The van der Waals surface area contributed by atoms with Gasteiger partial charge in [-0.15, -0.1) is 0 Å². The Bertz CT molecular complexity index is 709. The summed E-state index contributed by atoms with van der Waals surface area (Å²) in [6.07, 6.45) is 2.04. The molecule has 0 saturated heterocycles. The summed E-state index contributed by atoms with van der Waals surface area (Å²) < 4.78 is 37.0. The molecule has 0 amide bonds. The maximum Gasteiger partial charge on any atom is 0.337 e. The fourth-order valence-electron chi connectivity index (χ4n) is 2.54. The largest absolute Gasteiger partial charge is 0.495 e. The molecule has 1 atom stereocenters. The lowest BCUT2D eigenvalue weighted by Gasteiger charge is -2.29. The number of ether oxygens (including phenoxy) is 2. The van der Waals surface area contributed by atoms with E-state index < -0.39 is 16.0 Å². The second-order valence-corrected chi connectivity index (χ2v) is 8.17. The van der Waals surface area contributed by atoms with Crippen molar-refractivity contribution >= 4 is 16.0 Å². The van der Waals surface area contributed by atoms with Crippen LogP contribution in [0, 0.1) is 5.41 Å². The molecule has 0 N–H and O–H groups in total. The smallest absolute Gasteiger partial charge is 0.337 e. The summed E-state index contributed by atoms with van der Waals surface area (Å²) in [4.78, 5) is 11.6. The minimum absolute atomic E-state index is 0.0288. The molecular weight excluding hydrogens is 318 g/mol. The van der Waals surface area contributed by atoms with Crippen LogP contribution >= 0.6 is 0 Å². The van der Waals surface area contributed by atoms with E-state index in [1.54, 1.807) is 7.05 Å². The van der Waals surface area contributed by atoms with Crippen LogP contribution in [0.25, 0.3) is 0 Å². The highest BCUT2D eigenvalue weighted by atomic mass is 32.2. The summed E-state index contributed by atoms with van der Waals surface area (Å²) in [5.41, 5.74) is 0.272. The Balaban J connectivity index is 2.41. The molecule has 0 radical (unpaired) electrons. The molecule has 0 aromatic heterocycles. The quantitative estimate of drug-likeness (QED) is 0.742. The first-order valence-electron chi connectivity index (χ1n) is 7.42. The van der Waals surface area contributed by atoms with Gasteiger partial charge in [0.05, 0.1) is 19.8 Å². The van der Waals surface area contributed by atoms with Crippen molar-refractivity contribution in [1.82, 2.24) is 4.31 Å². The minimum atomic E-state index is -3.72. The standard InChI is InChI=1S/C16H23NO5S/c1-11(16(2)8-9-16)17(3)23(19,20)14-7-6-12(15(18)22-5)10-13(14)21-4/h6-7,10-11H,8-9H2,1-5H3. The summed E-state index contributed by atoms with van der Waals surface area (Å²) in [6, 6.07) is 4.09. The van der Waals surface area contributed by atoms with Crippen LogP contribution in [-0.4, -0.2) is 46.0 Å². The van der Waals surface area contributed by atoms with Crippen LogP contribution in [0.4, 0.5) is 0 Å². The van der Waals surface area contributed by atoms with Gasteiger partial charge in [-0.3, -0.25) is 0 Å². The van der Waals surface area contributed by atoms with Gasteiger partial charge in [0.15, 0.2) is 0 Å². The predicted molar refractivity (Wildman–Crippen MR) is 86.1 cm³/mol. The van der Waals surface area contributed by atoms with Crippen LogP contribution in [0.1, 0.15) is 37.0 Å². The maximum atomic E-state index is 12.9. The number of rotatable bonds is 6. The molecule has 0 spiro atoms. The molecule has 0 aliphatic heterocycles. The number of benzene rings is 1. The summed E-state index contributed by atoms with van der Waals surface area (Å²) in [5, 5.41) is 0. The van der Waals surface area contributed by atoms with Crippen molar-refractivity contribution in [3.8, 4) is 5.75 Å². The average Bonchev–Trinajstić information content (AvgIpc) is 3.30. The van der Waals surface area contributed by atoms with Crippen molar-refractivity contribution in [2.75, 3.05) is 21.3 Å². The van der Waals surface area contributed by atoms with Crippen molar-refractivity contribution in [2.24, 2.45) is 5.41 Å². The first kappa shape index (κ1) is 17.7. The summed E-state index contributed by atoms with van der Waals surface area (Å²) in [6.45, 7) is 4.00. The highest BCUT2D eigenvalue weighted by Crippen LogP contribution is 2.50. The third-order valence-corrected chi connectivity index (χ3v) is 6.80. The zero-order chi connectivity index (χ0) is 17.4. The van der Waals surface area contributed by atoms with E-state index in [1.807, 2.05) is 6.92 Å². The number of nitrogens with zero attached hydrogens (tertiary/aromatic N) is 1. The number of methoxy groups -OCH3 is 2. The van der Waals surface area contributed by atoms with E-state index in [4.69, 9.17) is 4.74 Å². The number of hydrogen-bond donors (Lipinski definition) is 0. The van der Waals surface area contributed by atoms with Crippen molar-refractivity contribution in [3.63, 3.8) is 0 Å². The molecule has 1 aromatic rings. The zero-order valence-electron chi connectivity index (χ0n) is 14.1. The van der Waals surface area contributed by atoms with Crippen molar-refractivity contribution in [3.05, 3.63) is 23.8 Å². The van der Waals surface area contributed by atoms with Crippen LogP contribution in [0.3, 0.4) is 0 Å². The highest BCUT2D eigenvalue weighted by molar-refractivity contribution is 7.89. The van der Waals surface area contributed by atoms with Gasteiger partial charge in [0, 0.05) is 13.1 Å². The first-order valence-corrected chi connectivity index (χ1v) is 8.86. The molecule has 1 saturated carbocycles. The van der Waals surface area contributed by atoms with Gasteiger partial charge in [-0.25, -0.2) is 13.2 Å². The van der Waals surface area contributed by atoms with Crippen molar-refractivity contribution in [2.45, 2.75) is 37.6 Å². The van der Waals surface area contributed by atoms with Gasteiger partial charge in [0.1, 0.15) is 10.6 Å². The van der Waals surface area contributed by atoms with Crippen LogP contribution < -0.4 is 4.74 Å². The minimum Gasteiger partial charge on any atom is -0.495 e. The second-order valence-electron chi connectivity index (χ2n) is 6.21. The number of esters is 1. The Labute approximate surface area is 137 Å². The van der Waals surface area contributed by atoms with Gasteiger partial charge < -0.3 is 9.47 Å². The third-order valence-electron chi connectivity index (χ3n) is 4.83. The van der Waals surface area contributed by atoms with Crippen molar-refractivity contribution in [1.29, 1.82) is 0 Å². The van der Waals surface area contributed by atoms with Gasteiger partial charge in [-0.2, -0.15) is 4.31 Å². The topological polar surface area (TPSA) is 72.9 Å². The van der Waals surface area contributed by atoms with E-state index in [-0.39, 0.29) is 27.7 Å². The second kappa shape index (κ2) is 6.13. The van der Waals surface area contributed by atoms with Gasteiger partial charge in [0.25, 0.3) is 0 Å². The summed E-state index contributed by atoms with van der Waals surface area (Å²) in [5.74, 6) is -0.410. The van der Waals surface area contributed by atoms with E-state index in [9.17, 15) is 13.2 Å². The van der Waals surface area contributed by atoms with Gasteiger partial charge in [-0.05, 0) is 43.4 Å². The van der Waals surface area contributed by atoms with E-state index in [0.29, 0.717) is 0 Å². The molecule has 128 valence electrons. The molecule has 0 heterocycles. The lowest BCUT2D eigenvalue weighted by Crippen LogP contribution is -2.40. The molecule has 0 bridgehead atoms. The third kappa shape index (κ3) is 3.21. The number of sulfonamides is 1. The molecule has 1 unspecified atom stereocenters. The molecule has 1 aliphatic rings. The first-order chi connectivity index (χ1) is 10.7. The lowest BCUT2D eigenvalue weighted by molar-refractivity contribution is 0.0600. The molecular formula is C16H23NO5S. The Hall–Kier alpha value is -1.60. The fourth-order valence-corrected chi connectivity index (χ4v) is 4.16. The van der Waals surface area contributed by atoms with Gasteiger partial charge >= 0.3 is 5.97 Å². The molecule has 1 fully saturated rings. The molecule has 1 aliphatic carbocycles. The van der Waals surface area contributed by atoms with Crippen LogP contribution in [0.5, 0.6) is 5.75 Å². The SMILES string of the molecule is COC(=O)c1ccc(S(=O)(=O)N(C)C(C)C2(C)CC2)c(OC)c1. The number of carbonyl (C=O) groups excluding carboxylic acids is 1. The van der Waals surface area contributed by atoms with Crippen molar-refractivity contribution < 1.29 is 22.7 Å². The normalized spacial score (nSPS) is 17.7. The van der Waals surface area contributed by atoms with Gasteiger partial charge in [0.2, 0.25) is 10.0 Å². The Kier molecular flexibility index (Phi) is 4.73. The Morgan fingerprint density at radius 1 is 1.30 bits per heavy atom. The Morgan fingerprint density at radius 3 is 2.39 bits per heavy atom. The van der Waals surface area contributed by atoms with E-state index >= 15 is 0 Å². The van der Waals surface area contributed by atoms with Crippen LogP contribution in [0.2, 0.25) is 0 Å². The molecule has 23 heavy (non-hydrogen) atoms. The summed E-state index contributed by atoms with van der Waals surface area (Å²) in [7, 11) is 0.509. The average molecular weight is 341 g/mol. The van der Waals surface area contributed by atoms with Crippen LogP contribution in [-0.2, 0) is 14.8 Å². The van der Waals surface area contributed by atoms with E-state index in [0.717, 1.165) is 12.8 Å². The zero-order valence-corrected chi connectivity index (χ0v) is 14.9. The maximum absolute atomic E-state index is 12.9. The number of hydrogen-bond acceptors (Lipinski definition) is 5. The monoisotopic (exact) mass is 341 g/mol. The molecule has 1 aromatic carbocycles. The number of carbonyl (C=O) groups is 1. The molecule has 7 heteroatoms. The van der Waals surface area contributed by atoms with E-state index in [1.165, 1.54) is 36.7 Å². The lowest BCUT2D eigenvalue weighted by atomic mass is 10.0. The molecule has 2 rings (SSSR count). The predicted octanol–water partition coefficient (Wildman–Crippen LogP) is 2.29. The van der Waals surface area contributed by atoms with Gasteiger partial charge in [-0.1, -0.05) is 6.92 Å². The van der Waals surface area contributed by atoms with Crippen LogP contribution in [0.15, 0.2) is 23.1 Å². The summed E-state index contributed by atoms with van der Waals surface area (Å²) >= 11 is 0. The van der Waals surface area contributed by atoms with E-state index in [2.05, 4.69) is 11.7 Å². The fraction of sp³-hybridized carbons (Fsp3) is 0.562. The molecule has 6 nitrogen and oxygen atoms in total. The Morgan fingerprint density at radius 2 is 1.91 bits per heavy atom.